The van der Waals surface area contributed by atoms with Crippen LogP contribution in [-0.2, 0) is 11.8 Å². The van der Waals surface area contributed by atoms with Crippen LogP contribution in [0.3, 0.4) is 0 Å². The van der Waals surface area contributed by atoms with Gasteiger partial charge in [-0.15, -0.1) is 5.10 Å². The Labute approximate surface area is 159 Å². The van der Waals surface area contributed by atoms with Gasteiger partial charge in [0, 0.05) is 30.6 Å². The van der Waals surface area contributed by atoms with Crippen LogP contribution < -0.4 is 16.0 Å². The fourth-order valence-corrected chi connectivity index (χ4v) is 3.79. The molecule has 0 saturated carbocycles. The zero-order valence-electron chi connectivity index (χ0n) is 14.9. The predicted molar refractivity (Wildman–Crippen MR) is 101 cm³/mol. The second-order valence-electron chi connectivity index (χ2n) is 6.26. The lowest BCUT2D eigenvalue weighted by Gasteiger charge is -2.31. The summed E-state index contributed by atoms with van der Waals surface area (Å²) in [6.45, 7) is 1.94. The molecule has 0 bridgehead atoms. The molecule has 3 aromatic rings. The number of aromatic nitrogens is 6. The topological polar surface area (TPSA) is 123 Å². The molecule has 2 atom stereocenters. The number of benzene rings is 1. The molecule has 2 unspecified atom stereocenters. The highest BCUT2D eigenvalue weighted by atomic mass is 32.2. The Bertz CT molecular complexity index is 975. The summed E-state index contributed by atoms with van der Waals surface area (Å²) in [7, 11) is 1.78. The van der Waals surface area contributed by atoms with E-state index in [4.69, 9.17) is 0 Å². The van der Waals surface area contributed by atoms with E-state index in [0.717, 1.165) is 16.6 Å². The minimum absolute atomic E-state index is 0.0282. The van der Waals surface area contributed by atoms with Gasteiger partial charge in [0.25, 0.3) is 0 Å². The van der Waals surface area contributed by atoms with Crippen molar-refractivity contribution in [1.29, 1.82) is 0 Å². The lowest BCUT2D eigenvalue weighted by Crippen LogP contribution is -2.60. The minimum atomic E-state index is -0.449. The number of anilines is 1. The number of fused-ring (bicyclic) bond motifs is 1. The monoisotopic (exact) mass is 385 g/mol. The van der Waals surface area contributed by atoms with Crippen LogP contribution in [0.1, 0.15) is 12.1 Å². The molecule has 3 heterocycles. The highest BCUT2D eigenvalue weighted by Crippen LogP contribution is 2.18. The zero-order valence-corrected chi connectivity index (χ0v) is 15.7. The van der Waals surface area contributed by atoms with Crippen molar-refractivity contribution in [3.63, 3.8) is 0 Å². The molecule has 3 N–H and O–H groups in total. The van der Waals surface area contributed by atoms with E-state index >= 15 is 0 Å². The van der Waals surface area contributed by atoms with Crippen LogP contribution in [-0.4, -0.2) is 54.2 Å². The lowest BCUT2D eigenvalue weighted by molar-refractivity contribution is -0.123. The molecule has 27 heavy (non-hydrogen) atoms. The average Bonchev–Trinajstić information content (AvgIpc) is 3.04. The number of rotatable bonds is 5. The first-order chi connectivity index (χ1) is 13.1. The first kappa shape index (κ1) is 17.6. The van der Waals surface area contributed by atoms with E-state index in [1.807, 2.05) is 31.2 Å². The SMILES string of the molecule is Cc1nc(NC2NC(=O)CC(CSc3nnnn3C)N2)nc2ccccc12. The molecular weight excluding hydrogens is 366 g/mol. The van der Waals surface area contributed by atoms with Gasteiger partial charge in [0.05, 0.1) is 11.2 Å². The van der Waals surface area contributed by atoms with Crippen molar-refractivity contribution in [3.8, 4) is 0 Å². The van der Waals surface area contributed by atoms with Crippen LogP contribution in [0.4, 0.5) is 5.95 Å². The highest BCUT2D eigenvalue weighted by molar-refractivity contribution is 7.99. The quantitative estimate of drug-likeness (QED) is 0.536. The van der Waals surface area contributed by atoms with Gasteiger partial charge >= 0.3 is 0 Å². The number of carbonyl (C=O) groups is 1. The third-order valence-corrected chi connectivity index (χ3v) is 5.37. The normalized spacial score (nSPS) is 19.9. The summed E-state index contributed by atoms with van der Waals surface area (Å²) in [6.07, 6.45) is -0.0660. The number of para-hydroxylation sites is 1. The van der Waals surface area contributed by atoms with Gasteiger partial charge in [-0.1, -0.05) is 30.0 Å². The second kappa shape index (κ2) is 7.45. The van der Waals surface area contributed by atoms with Gasteiger partial charge in [0.2, 0.25) is 17.0 Å². The van der Waals surface area contributed by atoms with Gasteiger partial charge in [0.1, 0.15) is 0 Å². The predicted octanol–water partition coefficient (Wildman–Crippen LogP) is 0.428. The summed E-state index contributed by atoms with van der Waals surface area (Å²) in [5.74, 6) is 1.09. The maximum atomic E-state index is 12.1. The molecule has 140 valence electrons. The first-order valence-corrected chi connectivity index (χ1v) is 9.47. The number of amides is 1. The third kappa shape index (κ3) is 3.98. The van der Waals surface area contributed by atoms with Crippen molar-refractivity contribution in [2.45, 2.75) is 30.8 Å². The summed E-state index contributed by atoms with van der Waals surface area (Å²) in [5, 5.41) is 22.5. The van der Waals surface area contributed by atoms with Crippen LogP contribution in [0.2, 0.25) is 0 Å². The van der Waals surface area contributed by atoms with Crippen LogP contribution in [0.25, 0.3) is 10.9 Å². The van der Waals surface area contributed by atoms with Crippen molar-refractivity contribution in [2.24, 2.45) is 7.05 Å². The molecule has 4 rings (SSSR count). The standard InChI is InChI=1S/C16H19N9OS/c1-9-11-5-3-4-6-12(11)19-14(17-9)21-15-18-10(7-13(26)20-15)8-27-16-22-23-24-25(16)2/h3-6,10,15,18H,7-8H2,1-2H3,(H,20,26)(H,17,19,21). The van der Waals surface area contributed by atoms with E-state index in [0.29, 0.717) is 23.3 Å². The van der Waals surface area contributed by atoms with Gasteiger partial charge in [-0.25, -0.2) is 14.6 Å². The van der Waals surface area contributed by atoms with E-state index in [1.54, 1.807) is 11.7 Å². The van der Waals surface area contributed by atoms with Gasteiger partial charge < -0.3 is 10.6 Å². The van der Waals surface area contributed by atoms with Gasteiger partial charge in [0.15, 0.2) is 6.29 Å². The molecule has 11 heteroatoms. The molecular formula is C16H19N9OS. The molecule has 0 aliphatic carbocycles. The van der Waals surface area contributed by atoms with E-state index in [1.165, 1.54) is 11.8 Å². The maximum Gasteiger partial charge on any atom is 0.226 e. The van der Waals surface area contributed by atoms with Crippen molar-refractivity contribution in [1.82, 2.24) is 40.8 Å². The van der Waals surface area contributed by atoms with Gasteiger partial charge in [-0.2, -0.15) is 0 Å². The Morgan fingerprint density at radius 1 is 1.33 bits per heavy atom. The third-order valence-electron chi connectivity index (χ3n) is 4.20. The minimum Gasteiger partial charge on any atom is -0.323 e. The fourth-order valence-electron chi connectivity index (χ4n) is 2.91. The van der Waals surface area contributed by atoms with Gasteiger partial charge in [-0.05, 0) is 23.4 Å². The lowest BCUT2D eigenvalue weighted by atomic mass is 10.2. The molecule has 1 fully saturated rings. The number of carbonyl (C=O) groups excluding carboxylic acids is 1. The highest BCUT2D eigenvalue weighted by Gasteiger charge is 2.26. The van der Waals surface area contributed by atoms with Crippen molar-refractivity contribution in [3.05, 3.63) is 30.0 Å². The fraction of sp³-hybridized carbons (Fsp3) is 0.375. The average molecular weight is 385 g/mol. The van der Waals surface area contributed by atoms with Crippen LogP contribution in [0.5, 0.6) is 0 Å². The molecule has 1 amide bonds. The summed E-state index contributed by atoms with van der Waals surface area (Å²) >= 11 is 1.50. The van der Waals surface area contributed by atoms with Crippen LogP contribution >= 0.6 is 11.8 Å². The van der Waals surface area contributed by atoms with E-state index in [-0.39, 0.29) is 11.9 Å². The molecule has 2 aromatic heterocycles. The summed E-state index contributed by atoms with van der Waals surface area (Å²) in [6, 6.07) is 7.80. The van der Waals surface area contributed by atoms with Crippen LogP contribution in [0, 0.1) is 6.92 Å². The zero-order chi connectivity index (χ0) is 18.8. The summed E-state index contributed by atoms with van der Waals surface area (Å²) < 4.78 is 1.61. The van der Waals surface area contributed by atoms with Crippen molar-refractivity contribution < 1.29 is 4.79 Å². The number of hydrogen-bond acceptors (Lipinski definition) is 9. The molecule has 10 nitrogen and oxygen atoms in total. The second-order valence-corrected chi connectivity index (χ2v) is 7.25. The molecule has 1 aliphatic heterocycles. The molecule has 1 aliphatic rings. The number of tetrazole rings is 1. The Morgan fingerprint density at radius 2 is 2.19 bits per heavy atom. The van der Waals surface area contributed by atoms with Gasteiger partial charge in [-0.3, -0.25) is 10.1 Å². The molecule has 1 saturated heterocycles. The summed E-state index contributed by atoms with van der Waals surface area (Å²) in [4.78, 5) is 21.1. The van der Waals surface area contributed by atoms with E-state index in [2.05, 4.69) is 41.4 Å². The van der Waals surface area contributed by atoms with E-state index < -0.39 is 6.29 Å². The number of aryl methyl sites for hydroxylation is 2. The largest absolute Gasteiger partial charge is 0.323 e. The summed E-state index contributed by atoms with van der Waals surface area (Å²) in [5.41, 5.74) is 1.74. The Balaban J connectivity index is 1.44. The smallest absolute Gasteiger partial charge is 0.226 e. The van der Waals surface area contributed by atoms with Crippen molar-refractivity contribution >= 4 is 34.5 Å². The van der Waals surface area contributed by atoms with Crippen LogP contribution in [0.15, 0.2) is 29.4 Å². The molecule has 0 spiro atoms. The van der Waals surface area contributed by atoms with Crippen molar-refractivity contribution in [2.75, 3.05) is 11.1 Å². The first-order valence-electron chi connectivity index (χ1n) is 8.49. The number of nitrogens with zero attached hydrogens (tertiary/aromatic N) is 6. The Hall–Kier alpha value is -2.79. The maximum absolute atomic E-state index is 12.1. The molecule has 1 aromatic carbocycles. The Morgan fingerprint density at radius 3 is 3.00 bits per heavy atom. The Kier molecular flexibility index (Phi) is 4.86. The number of nitrogens with one attached hydrogen (secondary N) is 3. The molecule has 0 radical (unpaired) electrons. The van der Waals surface area contributed by atoms with E-state index in [9.17, 15) is 4.79 Å². The number of thioether (sulfide) groups is 1. The number of hydrogen-bond donors (Lipinski definition) is 3.